The minimum absolute atomic E-state index is 0.409. The van der Waals surface area contributed by atoms with Gasteiger partial charge in [0.1, 0.15) is 16.4 Å². The standard InChI is InChI=1S/C28H32N6O2S/c1-19(2)25-26(28(29)32-23-18-24(37-27(23)25)34-12-5-11-30-34)31-20(3)6-4-15-36-22-9-7-21(8-10-22)33-13-16-35-17-14-33/h5,7-12,18H,1,4,6,13-17H2,2-3H3,(H2,29,32)/b31-20+. The summed E-state index contributed by atoms with van der Waals surface area (Å²) < 4.78 is 14.3. The third-order valence-corrected chi connectivity index (χ3v) is 7.40. The number of nitrogen functional groups attached to an aromatic ring is 1. The molecule has 0 bridgehead atoms. The van der Waals surface area contributed by atoms with E-state index in [1.807, 2.05) is 49.0 Å². The molecule has 37 heavy (non-hydrogen) atoms. The molecule has 3 aromatic heterocycles. The van der Waals surface area contributed by atoms with Gasteiger partial charge in [0.25, 0.3) is 0 Å². The normalized spacial score (nSPS) is 14.3. The Kier molecular flexibility index (Phi) is 7.52. The van der Waals surface area contributed by atoms with Crippen molar-refractivity contribution in [2.45, 2.75) is 26.7 Å². The highest BCUT2D eigenvalue weighted by Crippen LogP contribution is 2.41. The number of aromatic nitrogens is 3. The second-order valence-electron chi connectivity index (χ2n) is 9.14. The van der Waals surface area contributed by atoms with Gasteiger partial charge in [0.2, 0.25) is 0 Å². The van der Waals surface area contributed by atoms with Gasteiger partial charge in [-0.3, -0.25) is 4.99 Å². The maximum atomic E-state index is 6.39. The van der Waals surface area contributed by atoms with Crippen LogP contribution in [0.15, 0.2) is 60.4 Å². The van der Waals surface area contributed by atoms with Crippen LogP contribution in [0.1, 0.15) is 32.3 Å². The number of rotatable bonds is 9. The predicted molar refractivity (Wildman–Crippen MR) is 153 cm³/mol. The summed E-state index contributed by atoms with van der Waals surface area (Å²) in [6, 6.07) is 12.2. The number of thiophene rings is 1. The highest BCUT2D eigenvalue weighted by Gasteiger charge is 2.18. The van der Waals surface area contributed by atoms with E-state index >= 15 is 0 Å². The number of nitrogens with zero attached hydrogens (tertiary/aromatic N) is 5. The van der Waals surface area contributed by atoms with Crippen LogP contribution in [0.3, 0.4) is 0 Å². The Hall–Kier alpha value is -3.69. The van der Waals surface area contributed by atoms with Crippen LogP contribution in [-0.2, 0) is 4.74 Å². The Morgan fingerprint density at radius 2 is 2.00 bits per heavy atom. The van der Waals surface area contributed by atoms with Crippen molar-refractivity contribution in [3.63, 3.8) is 0 Å². The molecule has 0 aliphatic carbocycles. The topological polar surface area (TPSA) is 90.8 Å². The van der Waals surface area contributed by atoms with Gasteiger partial charge in [-0.1, -0.05) is 6.58 Å². The number of ether oxygens (including phenoxy) is 2. The van der Waals surface area contributed by atoms with Crippen LogP contribution in [0.2, 0.25) is 0 Å². The molecule has 2 N–H and O–H groups in total. The van der Waals surface area contributed by atoms with Gasteiger partial charge in [-0.15, -0.1) is 11.3 Å². The molecule has 4 heterocycles. The van der Waals surface area contributed by atoms with Crippen molar-refractivity contribution in [2.24, 2.45) is 4.99 Å². The summed E-state index contributed by atoms with van der Waals surface area (Å²) >= 11 is 1.61. The first kappa shape index (κ1) is 25.0. The molecule has 1 aliphatic rings. The number of hydrogen-bond acceptors (Lipinski definition) is 8. The van der Waals surface area contributed by atoms with Gasteiger partial charge in [-0.05, 0) is 62.6 Å². The molecule has 0 amide bonds. The third kappa shape index (κ3) is 5.68. The van der Waals surface area contributed by atoms with E-state index in [9.17, 15) is 0 Å². The highest BCUT2D eigenvalue weighted by atomic mass is 32.1. The molecule has 9 heteroatoms. The first-order chi connectivity index (χ1) is 18.0. The highest BCUT2D eigenvalue weighted by molar-refractivity contribution is 7.21. The Bertz CT molecular complexity index is 1400. The fraction of sp³-hybridized carbons (Fsp3) is 0.321. The van der Waals surface area contributed by atoms with Crippen molar-refractivity contribution < 1.29 is 9.47 Å². The van der Waals surface area contributed by atoms with Crippen LogP contribution in [0.5, 0.6) is 5.75 Å². The lowest BCUT2D eigenvalue weighted by molar-refractivity contribution is 0.122. The summed E-state index contributed by atoms with van der Waals surface area (Å²) in [5, 5.41) is 5.31. The van der Waals surface area contributed by atoms with Gasteiger partial charge in [0.05, 0.1) is 30.0 Å². The van der Waals surface area contributed by atoms with E-state index in [0.29, 0.717) is 18.1 Å². The summed E-state index contributed by atoms with van der Waals surface area (Å²) in [7, 11) is 0. The minimum atomic E-state index is 0.409. The van der Waals surface area contributed by atoms with E-state index in [4.69, 9.17) is 20.2 Å². The van der Waals surface area contributed by atoms with Crippen molar-refractivity contribution in [3.05, 3.63) is 60.9 Å². The third-order valence-electron chi connectivity index (χ3n) is 6.27. The van der Waals surface area contributed by atoms with Crippen LogP contribution in [0.25, 0.3) is 20.8 Å². The van der Waals surface area contributed by atoms with Gasteiger partial charge in [-0.25, -0.2) is 9.67 Å². The molecule has 1 aromatic carbocycles. The molecular formula is C28H32N6O2S. The first-order valence-corrected chi connectivity index (χ1v) is 13.3. The summed E-state index contributed by atoms with van der Waals surface area (Å²) in [4.78, 5) is 11.9. The molecule has 0 atom stereocenters. The van der Waals surface area contributed by atoms with Crippen molar-refractivity contribution >= 4 is 50.0 Å². The molecule has 5 rings (SSSR count). The molecule has 0 radical (unpaired) electrons. The Morgan fingerprint density at radius 3 is 2.70 bits per heavy atom. The van der Waals surface area contributed by atoms with Crippen LogP contribution < -0.4 is 15.4 Å². The van der Waals surface area contributed by atoms with Crippen LogP contribution >= 0.6 is 11.3 Å². The number of aliphatic imine (C=N–C) groups is 1. The van der Waals surface area contributed by atoms with Gasteiger partial charge in [0.15, 0.2) is 5.82 Å². The average molecular weight is 517 g/mol. The lowest BCUT2D eigenvalue weighted by atomic mass is 10.1. The van der Waals surface area contributed by atoms with Gasteiger partial charge < -0.3 is 20.1 Å². The molecule has 4 aromatic rings. The quantitative estimate of drug-likeness (QED) is 0.220. The van der Waals surface area contributed by atoms with Crippen molar-refractivity contribution in [1.29, 1.82) is 0 Å². The smallest absolute Gasteiger partial charge is 0.150 e. The Balaban J connectivity index is 1.24. The fourth-order valence-electron chi connectivity index (χ4n) is 4.41. The molecule has 0 saturated carbocycles. The number of hydrogen-bond donors (Lipinski definition) is 1. The molecule has 0 unspecified atom stereocenters. The van der Waals surface area contributed by atoms with E-state index < -0.39 is 0 Å². The first-order valence-electron chi connectivity index (χ1n) is 12.5. The maximum absolute atomic E-state index is 6.39. The van der Waals surface area contributed by atoms with Gasteiger partial charge >= 0.3 is 0 Å². The molecule has 1 saturated heterocycles. The van der Waals surface area contributed by atoms with E-state index in [1.165, 1.54) is 5.69 Å². The predicted octanol–water partition coefficient (Wildman–Crippen LogP) is 5.89. The monoisotopic (exact) mass is 516 g/mol. The molecule has 8 nitrogen and oxygen atoms in total. The number of pyridine rings is 1. The largest absolute Gasteiger partial charge is 0.494 e. The number of anilines is 2. The maximum Gasteiger partial charge on any atom is 0.150 e. The lowest BCUT2D eigenvalue weighted by Gasteiger charge is -2.28. The minimum Gasteiger partial charge on any atom is -0.494 e. The number of fused-ring (bicyclic) bond motifs is 1. The SMILES string of the molecule is C=C(C)c1c(/N=C(\C)CCCOc2ccc(N3CCOCC3)cc2)c(N)nc2cc(-n3cccn3)sc12. The number of benzene rings is 1. The molecule has 0 spiro atoms. The van der Waals surface area contributed by atoms with E-state index in [1.54, 1.807) is 17.5 Å². The second-order valence-corrected chi connectivity index (χ2v) is 10.2. The van der Waals surface area contributed by atoms with Crippen molar-refractivity contribution in [1.82, 2.24) is 14.8 Å². The van der Waals surface area contributed by atoms with Crippen LogP contribution in [0, 0.1) is 0 Å². The number of morpholine rings is 1. The van der Waals surface area contributed by atoms with E-state index in [-0.39, 0.29) is 0 Å². The average Bonchev–Trinajstić information content (AvgIpc) is 3.58. The molecule has 1 aliphatic heterocycles. The van der Waals surface area contributed by atoms with Gasteiger partial charge in [-0.2, -0.15) is 5.10 Å². The van der Waals surface area contributed by atoms with Crippen molar-refractivity contribution in [2.75, 3.05) is 43.5 Å². The second kappa shape index (κ2) is 11.1. The van der Waals surface area contributed by atoms with Crippen molar-refractivity contribution in [3.8, 4) is 10.8 Å². The summed E-state index contributed by atoms with van der Waals surface area (Å²) in [5.41, 5.74) is 11.9. The number of nitrogens with two attached hydrogens (primary N) is 1. The van der Waals surface area contributed by atoms with E-state index in [2.05, 4.69) is 33.7 Å². The molecule has 192 valence electrons. The van der Waals surface area contributed by atoms with Crippen LogP contribution in [0.4, 0.5) is 17.2 Å². The van der Waals surface area contributed by atoms with Crippen LogP contribution in [-0.4, -0.2) is 53.4 Å². The van der Waals surface area contributed by atoms with Gasteiger partial charge in [0, 0.05) is 48.5 Å². The zero-order valence-electron chi connectivity index (χ0n) is 21.3. The fourth-order valence-corrected chi connectivity index (χ4v) is 5.57. The lowest BCUT2D eigenvalue weighted by Crippen LogP contribution is -2.36. The molecular weight excluding hydrogens is 484 g/mol. The number of allylic oxidation sites excluding steroid dienone is 1. The molecule has 1 fully saturated rings. The summed E-state index contributed by atoms with van der Waals surface area (Å²) in [6.45, 7) is 12.2. The summed E-state index contributed by atoms with van der Waals surface area (Å²) in [6.07, 6.45) is 5.32. The zero-order chi connectivity index (χ0) is 25.8. The Labute approximate surface area is 221 Å². The summed E-state index contributed by atoms with van der Waals surface area (Å²) in [5.74, 6) is 1.28. The Morgan fingerprint density at radius 1 is 1.22 bits per heavy atom. The zero-order valence-corrected chi connectivity index (χ0v) is 22.1. The van der Waals surface area contributed by atoms with E-state index in [0.717, 1.165) is 77.0 Å².